The quantitative estimate of drug-likeness (QED) is 0.921. The molecule has 2 aromatic heterocycles. The predicted molar refractivity (Wildman–Crippen MR) is 88.7 cm³/mol. The topological polar surface area (TPSA) is 55.6 Å². The van der Waals surface area contributed by atoms with E-state index >= 15 is 0 Å². The summed E-state index contributed by atoms with van der Waals surface area (Å²) in [7, 11) is 2.01. The van der Waals surface area contributed by atoms with Gasteiger partial charge in [-0.15, -0.1) is 0 Å². The zero-order valence-electron chi connectivity index (χ0n) is 13.8. The Kier molecular flexibility index (Phi) is 2.82. The standard InChI is InChI=1S/C18H23N5/c1-10-14(9-19-23(10)2)13-7-16(13)20-17-8-15(11-3-4-11)21-18(22-17)12-5-6-12/h8-9,11-13,16H,3-7H2,1-2H3,(H,20,21,22)/t13-,16+/m0/s1. The molecule has 5 heteroatoms. The number of aryl methyl sites for hydroxylation is 1. The van der Waals surface area contributed by atoms with Crippen molar-refractivity contribution < 1.29 is 0 Å². The second kappa shape index (κ2) is 4.79. The van der Waals surface area contributed by atoms with Gasteiger partial charge in [0.15, 0.2) is 0 Å². The van der Waals surface area contributed by atoms with Crippen LogP contribution in [0.3, 0.4) is 0 Å². The van der Waals surface area contributed by atoms with Crippen LogP contribution in [0.4, 0.5) is 5.82 Å². The fourth-order valence-electron chi connectivity index (χ4n) is 3.44. The summed E-state index contributed by atoms with van der Waals surface area (Å²) in [5, 5.41) is 8.03. The Balaban J connectivity index is 1.35. The number of anilines is 1. The molecular formula is C18H23N5. The Labute approximate surface area is 136 Å². The second-order valence-electron chi connectivity index (χ2n) is 7.49. The first-order chi connectivity index (χ1) is 11.2. The monoisotopic (exact) mass is 309 g/mol. The van der Waals surface area contributed by atoms with Crippen molar-refractivity contribution in [3.63, 3.8) is 0 Å². The molecule has 2 aromatic rings. The van der Waals surface area contributed by atoms with Gasteiger partial charge >= 0.3 is 0 Å². The fourth-order valence-corrected chi connectivity index (χ4v) is 3.44. The Hall–Kier alpha value is -1.91. The molecule has 0 unspecified atom stereocenters. The fraction of sp³-hybridized carbons (Fsp3) is 0.611. The van der Waals surface area contributed by atoms with Crippen LogP contribution in [0.25, 0.3) is 0 Å². The summed E-state index contributed by atoms with van der Waals surface area (Å²) in [5.41, 5.74) is 3.92. The van der Waals surface area contributed by atoms with Crippen molar-refractivity contribution in [3.8, 4) is 0 Å². The van der Waals surface area contributed by atoms with Gasteiger partial charge in [-0.1, -0.05) is 0 Å². The number of hydrogen-bond donors (Lipinski definition) is 1. The maximum atomic E-state index is 4.82. The lowest BCUT2D eigenvalue weighted by Gasteiger charge is -2.09. The van der Waals surface area contributed by atoms with Crippen LogP contribution < -0.4 is 5.32 Å². The molecule has 1 N–H and O–H groups in total. The van der Waals surface area contributed by atoms with Gasteiger partial charge in [-0.3, -0.25) is 4.68 Å². The molecule has 0 amide bonds. The molecule has 3 saturated carbocycles. The number of rotatable bonds is 5. The number of aromatic nitrogens is 4. The highest BCUT2D eigenvalue weighted by Gasteiger charge is 2.41. The van der Waals surface area contributed by atoms with Crippen LogP contribution in [0.5, 0.6) is 0 Å². The summed E-state index contributed by atoms with van der Waals surface area (Å²) >= 11 is 0. The van der Waals surface area contributed by atoms with Crippen molar-refractivity contribution >= 4 is 5.82 Å². The first-order valence-corrected chi connectivity index (χ1v) is 8.83. The first-order valence-electron chi connectivity index (χ1n) is 8.83. The Bertz CT molecular complexity index is 727. The van der Waals surface area contributed by atoms with E-state index < -0.39 is 0 Å². The molecule has 0 aromatic carbocycles. The van der Waals surface area contributed by atoms with Gasteiger partial charge in [-0.25, -0.2) is 9.97 Å². The van der Waals surface area contributed by atoms with Crippen molar-refractivity contribution in [1.29, 1.82) is 0 Å². The van der Waals surface area contributed by atoms with Crippen molar-refractivity contribution in [2.75, 3.05) is 5.32 Å². The minimum atomic E-state index is 0.493. The number of hydrogen-bond acceptors (Lipinski definition) is 4. The maximum Gasteiger partial charge on any atom is 0.134 e. The van der Waals surface area contributed by atoms with E-state index in [9.17, 15) is 0 Å². The van der Waals surface area contributed by atoms with Crippen molar-refractivity contribution in [3.05, 3.63) is 35.0 Å². The first kappa shape index (κ1) is 13.5. The van der Waals surface area contributed by atoms with Gasteiger partial charge in [-0.05, 0) is 44.6 Å². The van der Waals surface area contributed by atoms with E-state index in [4.69, 9.17) is 9.97 Å². The van der Waals surface area contributed by atoms with Crippen LogP contribution in [0.15, 0.2) is 12.3 Å². The minimum Gasteiger partial charge on any atom is -0.367 e. The summed E-state index contributed by atoms with van der Waals surface area (Å²) in [6, 6.07) is 2.68. The molecule has 3 fully saturated rings. The Morgan fingerprint density at radius 2 is 1.91 bits per heavy atom. The molecule has 2 atom stereocenters. The third-order valence-corrected chi connectivity index (χ3v) is 5.50. The summed E-state index contributed by atoms with van der Waals surface area (Å²) in [4.78, 5) is 9.61. The predicted octanol–water partition coefficient (Wildman–Crippen LogP) is 3.24. The van der Waals surface area contributed by atoms with Crippen molar-refractivity contribution in [1.82, 2.24) is 19.7 Å². The average Bonchev–Trinajstić information content (AvgIpc) is 3.42. The van der Waals surface area contributed by atoms with Gasteiger partial charge in [0.25, 0.3) is 0 Å². The van der Waals surface area contributed by atoms with E-state index in [1.165, 1.54) is 49.1 Å². The van der Waals surface area contributed by atoms with Crippen LogP contribution in [0.1, 0.15) is 72.6 Å². The molecule has 120 valence electrons. The summed E-state index contributed by atoms with van der Waals surface area (Å²) < 4.78 is 1.96. The van der Waals surface area contributed by atoms with E-state index in [1.807, 2.05) is 17.9 Å². The van der Waals surface area contributed by atoms with Gasteiger partial charge in [-0.2, -0.15) is 5.10 Å². The molecule has 5 rings (SSSR count). The zero-order valence-corrected chi connectivity index (χ0v) is 13.8. The lowest BCUT2D eigenvalue weighted by Crippen LogP contribution is -2.09. The maximum absolute atomic E-state index is 4.82. The summed E-state index contributed by atoms with van der Waals surface area (Å²) in [6.45, 7) is 2.15. The van der Waals surface area contributed by atoms with E-state index in [1.54, 1.807) is 0 Å². The largest absolute Gasteiger partial charge is 0.367 e. The Morgan fingerprint density at radius 1 is 1.13 bits per heavy atom. The molecule has 3 aliphatic carbocycles. The minimum absolute atomic E-state index is 0.493. The van der Waals surface area contributed by atoms with Gasteiger partial charge in [0.1, 0.15) is 11.6 Å². The summed E-state index contributed by atoms with van der Waals surface area (Å²) in [5.74, 6) is 3.99. The molecule has 0 radical (unpaired) electrons. The van der Waals surface area contributed by atoms with Crippen molar-refractivity contribution in [2.24, 2.45) is 7.05 Å². The SMILES string of the molecule is Cc1c([C@@H]2C[C@H]2Nc2cc(C3CC3)nc(C3CC3)n2)cnn1C. The van der Waals surface area contributed by atoms with Gasteiger partial charge in [0, 0.05) is 48.3 Å². The molecule has 0 spiro atoms. The molecule has 5 nitrogen and oxygen atoms in total. The molecule has 0 bridgehead atoms. The van der Waals surface area contributed by atoms with Gasteiger partial charge in [0.05, 0.1) is 6.20 Å². The third-order valence-electron chi connectivity index (χ3n) is 5.50. The molecular weight excluding hydrogens is 286 g/mol. The van der Waals surface area contributed by atoms with E-state index in [-0.39, 0.29) is 0 Å². The summed E-state index contributed by atoms with van der Waals surface area (Å²) in [6.07, 6.45) is 8.30. The smallest absolute Gasteiger partial charge is 0.134 e. The van der Waals surface area contributed by atoms with Crippen LogP contribution in [-0.4, -0.2) is 25.8 Å². The molecule has 23 heavy (non-hydrogen) atoms. The third kappa shape index (κ3) is 2.52. The highest BCUT2D eigenvalue weighted by molar-refractivity contribution is 5.44. The van der Waals surface area contributed by atoms with Crippen molar-refractivity contribution in [2.45, 2.75) is 62.8 Å². The lowest BCUT2D eigenvalue weighted by atomic mass is 10.1. The number of nitrogens with one attached hydrogen (secondary N) is 1. The number of nitrogens with zero attached hydrogens (tertiary/aromatic N) is 4. The van der Waals surface area contributed by atoms with Crippen LogP contribution in [-0.2, 0) is 7.05 Å². The van der Waals surface area contributed by atoms with Crippen LogP contribution >= 0.6 is 0 Å². The van der Waals surface area contributed by atoms with Gasteiger partial charge < -0.3 is 5.32 Å². The van der Waals surface area contributed by atoms with E-state index in [0.717, 1.165) is 11.6 Å². The zero-order chi connectivity index (χ0) is 15.6. The van der Waals surface area contributed by atoms with Gasteiger partial charge in [0.2, 0.25) is 0 Å². The van der Waals surface area contributed by atoms with Crippen LogP contribution in [0, 0.1) is 6.92 Å². The second-order valence-corrected chi connectivity index (χ2v) is 7.49. The van der Waals surface area contributed by atoms with E-state index in [0.29, 0.717) is 23.8 Å². The Morgan fingerprint density at radius 3 is 2.57 bits per heavy atom. The van der Waals surface area contributed by atoms with E-state index in [2.05, 4.69) is 23.4 Å². The average molecular weight is 309 g/mol. The lowest BCUT2D eigenvalue weighted by molar-refractivity contribution is 0.737. The molecule has 0 aliphatic heterocycles. The molecule has 2 heterocycles. The van der Waals surface area contributed by atoms with Crippen LogP contribution in [0.2, 0.25) is 0 Å². The molecule has 0 saturated heterocycles. The highest BCUT2D eigenvalue weighted by atomic mass is 15.3. The highest BCUT2D eigenvalue weighted by Crippen LogP contribution is 2.46. The molecule has 3 aliphatic rings. The normalized spacial score (nSPS) is 26.3.